The standard InChI is InChI=1S/C8H9N3O2/c9-6-4(2-12)1-5(3-13)7(10)8(6)11/h1-3H,9-11H2. The van der Waals surface area contributed by atoms with Gasteiger partial charge in [0, 0.05) is 11.1 Å². The highest BCUT2D eigenvalue weighted by Crippen LogP contribution is 2.28. The van der Waals surface area contributed by atoms with Gasteiger partial charge in [-0.1, -0.05) is 0 Å². The van der Waals surface area contributed by atoms with Crippen LogP contribution in [0.1, 0.15) is 20.7 Å². The van der Waals surface area contributed by atoms with Crippen molar-refractivity contribution >= 4 is 29.6 Å². The summed E-state index contributed by atoms with van der Waals surface area (Å²) in [4.78, 5) is 20.9. The number of nitrogen functional groups attached to an aromatic ring is 3. The maximum absolute atomic E-state index is 10.5. The van der Waals surface area contributed by atoms with Crippen molar-refractivity contribution in [1.82, 2.24) is 0 Å². The van der Waals surface area contributed by atoms with Gasteiger partial charge in [-0.25, -0.2) is 0 Å². The van der Waals surface area contributed by atoms with E-state index in [9.17, 15) is 9.59 Å². The third-order valence-corrected chi connectivity index (χ3v) is 1.77. The fourth-order valence-electron chi connectivity index (χ4n) is 0.974. The number of rotatable bonds is 2. The van der Waals surface area contributed by atoms with Gasteiger partial charge in [0.2, 0.25) is 0 Å². The van der Waals surface area contributed by atoms with Gasteiger partial charge < -0.3 is 17.2 Å². The van der Waals surface area contributed by atoms with E-state index in [-0.39, 0.29) is 28.2 Å². The average molecular weight is 179 g/mol. The Labute approximate surface area is 74.5 Å². The molecule has 13 heavy (non-hydrogen) atoms. The van der Waals surface area contributed by atoms with Crippen LogP contribution in [0.15, 0.2) is 6.07 Å². The van der Waals surface area contributed by atoms with E-state index < -0.39 is 0 Å². The summed E-state index contributed by atoms with van der Waals surface area (Å²) in [6.07, 6.45) is 1.05. The number of carbonyl (C=O) groups excluding carboxylic acids is 2. The summed E-state index contributed by atoms with van der Waals surface area (Å²) < 4.78 is 0. The van der Waals surface area contributed by atoms with Gasteiger partial charge in [-0.2, -0.15) is 0 Å². The summed E-state index contributed by atoms with van der Waals surface area (Å²) in [5, 5.41) is 0. The molecule has 0 aliphatic rings. The minimum absolute atomic E-state index is 0.0756. The summed E-state index contributed by atoms with van der Waals surface area (Å²) in [6.45, 7) is 0. The van der Waals surface area contributed by atoms with Crippen LogP contribution in [-0.4, -0.2) is 12.6 Å². The molecule has 1 aromatic rings. The molecule has 0 unspecified atom stereocenters. The topological polar surface area (TPSA) is 112 Å². The van der Waals surface area contributed by atoms with Crippen molar-refractivity contribution in [2.24, 2.45) is 0 Å². The van der Waals surface area contributed by atoms with Gasteiger partial charge in [0.1, 0.15) is 0 Å². The molecule has 68 valence electrons. The van der Waals surface area contributed by atoms with Crippen LogP contribution in [0.5, 0.6) is 0 Å². The maximum Gasteiger partial charge on any atom is 0.152 e. The molecule has 5 heteroatoms. The van der Waals surface area contributed by atoms with Gasteiger partial charge in [0.05, 0.1) is 17.1 Å². The number of nitrogens with two attached hydrogens (primary N) is 3. The van der Waals surface area contributed by atoms with Crippen LogP contribution in [0.4, 0.5) is 17.1 Å². The predicted molar refractivity (Wildman–Crippen MR) is 50.5 cm³/mol. The van der Waals surface area contributed by atoms with Crippen molar-refractivity contribution in [1.29, 1.82) is 0 Å². The quantitative estimate of drug-likeness (QED) is 0.439. The fourth-order valence-corrected chi connectivity index (χ4v) is 0.974. The Bertz CT molecular complexity index is 342. The highest BCUT2D eigenvalue weighted by Gasteiger charge is 2.10. The number of anilines is 3. The van der Waals surface area contributed by atoms with Crippen LogP contribution in [0, 0.1) is 0 Å². The van der Waals surface area contributed by atoms with E-state index in [4.69, 9.17) is 17.2 Å². The Morgan fingerprint density at radius 3 is 1.54 bits per heavy atom. The molecule has 0 fully saturated rings. The second-order valence-electron chi connectivity index (χ2n) is 2.53. The van der Waals surface area contributed by atoms with E-state index in [1.807, 2.05) is 0 Å². The van der Waals surface area contributed by atoms with Crippen LogP contribution in [0.3, 0.4) is 0 Å². The molecule has 1 rings (SSSR count). The normalized spacial score (nSPS) is 9.54. The fraction of sp³-hybridized carbons (Fsp3) is 0. The third kappa shape index (κ3) is 1.31. The monoisotopic (exact) mass is 179 g/mol. The van der Waals surface area contributed by atoms with Crippen molar-refractivity contribution < 1.29 is 9.59 Å². The molecule has 0 aliphatic carbocycles. The SMILES string of the molecule is Nc1c(C=O)cc(C=O)c(N)c1N. The summed E-state index contributed by atoms with van der Waals surface area (Å²) in [5.74, 6) is 0. The number of aldehydes is 2. The van der Waals surface area contributed by atoms with Crippen molar-refractivity contribution in [3.8, 4) is 0 Å². The third-order valence-electron chi connectivity index (χ3n) is 1.77. The molecule has 0 atom stereocenters. The predicted octanol–water partition coefficient (Wildman–Crippen LogP) is 0.0582. The van der Waals surface area contributed by atoms with Crippen molar-refractivity contribution in [2.75, 3.05) is 17.2 Å². The zero-order valence-electron chi connectivity index (χ0n) is 6.78. The van der Waals surface area contributed by atoms with Crippen LogP contribution >= 0.6 is 0 Å². The van der Waals surface area contributed by atoms with Gasteiger partial charge in [0.15, 0.2) is 12.6 Å². The van der Waals surface area contributed by atoms with Crippen molar-refractivity contribution in [3.05, 3.63) is 17.2 Å². The van der Waals surface area contributed by atoms with Gasteiger partial charge >= 0.3 is 0 Å². The minimum atomic E-state index is 0.0756. The zero-order valence-corrected chi connectivity index (χ0v) is 6.78. The average Bonchev–Trinajstić information content (AvgIpc) is 2.15. The molecule has 1 aromatic carbocycles. The van der Waals surface area contributed by atoms with E-state index >= 15 is 0 Å². The van der Waals surface area contributed by atoms with Gasteiger partial charge in [-0.05, 0) is 6.07 Å². The molecular weight excluding hydrogens is 170 g/mol. The lowest BCUT2D eigenvalue weighted by Crippen LogP contribution is -2.06. The molecule has 5 nitrogen and oxygen atoms in total. The Kier molecular flexibility index (Phi) is 2.19. The Morgan fingerprint density at radius 1 is 0.846 bits per heavy atom. The Hall–Kier alpha value is -2.04. The summed E-state index contributed by atoms with van der Waals surface area (Å²) in [7, 11) is 0. The van der Waals surface area contributed by atoms with Crippen molar-refractivity contribution in [2.45, 2.75) is 0 Å². The number of benzene rings is 1. The van der Waals surface area contributed by atoms with E-state index in [1.54, 1.807) is 0 Å². The molecule has 0 saturated carbocycles. The van der Waals surface area contributed by atoms with E-state index in [0.717, 1.165) is 0 Å². The second-order valence-corrected chi connectivity index (χ2v) is 2.53. The molecule has 0 aromatic heterocycles. The van der Waals surface area contributed by atoms with Crippen LogP contribution in [-0.2, 0) is 0 Å². The van der Waals surface area contributed by atoms with Gasteiger partial charge in [-0.3, -0.25) is 9.59 Å². The van der Waals surface area contributed by atoms with Crippen LogP contribution < -0.4 is 17.2 Å². The highest BCUT2D eigenvalue weighted by atomic mass is 16.1. The smallest absolute Gasteiger partial charge is 0.152 e. The maximum atomic E-state index is 10.5. The first-order chi connectivity index (χ1) is 6.11. The van der Waals surface area contributed by atoms with Crippen LogP contribution in [0.25, 0.3) is 0 Å². The lowest BCUT2D eigenvalue weighted by molar-refractivity contribution is 0.112. The largest absolute Gasteiger partial charge is 0.396 e. The number of carbonyl (C=O) groups is 2. The van der Waals surface area contributed by atoms with Crippen LogP contribution in [0.2, 0.25) is 0 Å². The number of hydrogen-bond donors (Lipinski definition) is 3. The molecule has 6 N–H and O–H groups in total. The molecule has 0 bridgehead atoms. The van der Waals surface area contributed by atoms with Gasteiger partial charge in [-0.15, -0.1) is 0 Å². The van der Waals surface area contributed by atoms with E-state index in [2.05, 4.69) is 0 Å². The van der Waals surface area contributed by atoms with Crippen molar-refractivity contribution in [3.63, 3.8) is 0 Å². The summed E-state index contributed by atoms with van der Waals surface area (Å²) in [5.41, 5.74) is 17.0. The molecule has 0 radical (unpaired) electrons. The first-order valence-electron chi connectivity index (χ1n) is 3.49. The second kappa shape index (κ2) is 3.14. The molecule has 0 amide bonds. The first-order valence-corrected chi connectivity index (χ1v) is 3.49. The first kappa shape index (κ1) is 9.05. The van der Waals surface area contributed by atoms with E-state index in [0.29, 0.717) is 12.6 Å². The molecule has 0 aliphatic heterocycles. The molecule has 0 heterocycles. The zero-order chi connectivity index (χ0) is 10.0. The lowest BCUT2D eigenvalue weighted by Gasteiger charge is -2.08. The lowest BCUT2D eigenvalue weighted by atomic mass is 10.1. The molecular formula is C8H9N3O2. The van der Waals surface area contributed by atoms with E-state index in [1.165, 1.54) is 6.07 Å². The van der Waals surface area contributed by atoms with Gasteiger partial charge in [0.25, 0.3) is 0 Å². The summed E-state index contributed by atoms with van der Waals surface area (Å²) >= 11 is 0. The minimum Gasteiger partial charge on any atom is -0.396 e. The molecule has 0 spiro atoms. The Morgan fingerprint density at radius 2 is 1.23 bits per heavy atom. The highest BCUT2D eigenvalue weighted by molar-refractivity contribution is 6.00. The summed E-state index contributed by atoms with van der Waals surface area (Å²) in [6, 6.07) is 1.31. The molecule has 0 saturated heterocycles. The number of hydrogen-bond acceptors (Lipinski definition) is 5. The Balaban J connectivity index is 3.53.